The zero-order valence-electron chi connectivity index (χ0n) is 11.2. The van der Waals surface area contributed by atoms with Gasteiger partial charge in [0, 0.05) is 19.9 Å². The summed E-state index contributed by atoms with van der Waals surface area (Å²) < 4.78 is 0.892. The third-order valence-electron chi connectivity index (χ3n) is 3.58. The third kappa shape index (κ3) is 3.79. The van der Waals surface area contributed by atoms with Crippen molar-refractivity contribution in [3.63, 3.8) is 0 Å². The maximum absolute atomic E-state index is 9.89. The molecule has 0 radical (unpaired) electrons. The molecule has 0 aliphatic rings. The Hall–Kier alpha value is -0.580. The third-order valence-corrected chi connectivity index (χ3v) is 4.68. The average Bonchev–Trinajstić information content (AvgIpc) is 2.48. The fraction of sp³-hybridized carbons (Fsp3) is 0.250. The van der Waals surface area contributed by atoms with E-state index in [0.29, 0.717) is 16.5 Å². The summed E-state index contributed by atoms with van der Waals surface area (Å²) in [5, 5.41) is 20.9. The smallest absolute Gasteiger partial charge is 0.0553 e. The van der Waals surface area contributed by atoms with Gasteiger partial charge in [-0.2, -0.15) is 0 Å². The van der Waals surface area contributed by atoms with E-state index in [1.165, 1.54) is 0 Å². The van der Waals surface area contributed by atoms with Crippen molar-refractivity contribution < 1.29 is 10.2 Å². The number of aliphatic hydroxyl groups excluding tert-OH is 2. The first-order chi connectivity index (χ1) is 10.0. The van der Waals surface area contributed by atoms with Gasteiger partial charge in [-0.15, -0.1) is 0 Å². The van der Waals surface area contributed by atoms with Gasteiger partial charge in [0.2, 0.25) is 0 Å². The summed E-state index contributed by atoms with van der Waals surface area (Å²) in [5.74, 6) is 0. The van der Waals surface area contributed by atoms with Crippen LogP contribution in [0.25, 0.3) is 0 Å². The number of hydrogen-bond donors (Lipinski definition) is 2. The van der Waals surface area contributed by atoms with E-state index < -0.39 is 5.41 Å². The highest BCUT2D eigenvalue weighted by Gasteiger charge is 2.32. The van der Waals surface area contributed by atoms with Gasteiger partial charge in [0.15, 0.2) is 0 Å². The standard InChI is InChI=1S/C16H15BrCl2O2/c17-13-3-1-2-12(7-13)16(9-20,10-21)8-11-6-14(18)4-5-15(11)19/h1-7,20-21H,8-10H2. The van der Waals surface area contributed by atoms with Gasteiger partial charge in [-0.05, 0) is 47.9 Å². The first-order valence-corrected chi connectivity index (χ1v) is 7.97. The Morgan fingerprint density at radius 2 is 1.71 bits per heavy atom. The Kier molecular flexibility index (Phi) is 5.69. The zero-order valence-corrected chi connectivity index (χ0v) is 14.3. The number of hydrogen-bond acceptors (Lipinski definition) is 2. The van der Waals surface area contributed by atoms with Crippen LogP contribution in [0.3, 0.4) is 0 Å². The van der Waals surface area contributed by atoms with Gasteiger partial charge in [0.05, 0.1) is 13.2 Å². The molecule has 0 aromatic heterocycles. The van der Waals surface area contributed by atoms with Crippen LogP contribution in [0, 0.1) is 0 Å². The van der Waals surface area contributed by atoms with E-state index in [-0.39, 0.29) is 13.2 Å². The molecular formula is C16H15BrCl2O2. The predicted octanol–water partition coefficient (Wildman–Crippen LogP) is 4.22. The Labute approximate surface area is 142 Å². The summed E-state index contributed by atoms with van der Waals surface area (Å²) in [6.07, 6.45) is 0.399. The van der Waals surface area contributed by atoms with Gasteiger partial charge in [-0.3, -0.25) is 0 Å². The minimum Gasteiger partial charge on any atom is -0.395 e. The summed E-state index contributed by atoms with van der Waals surface area (Å²) in [4.78, 5) is 0. The summed E-state index contributed by atoms with van der Waals surface area (Å²) in [5.41, 5.74) is 0.836. The van der Waals surface area contributed by atoms with Gasteiger partial charge in [0.25, 0.3) is 0 Å². The molecule has 0 fully saturated rings. The number of benzene rings is 2. The molecule has 0 atom stereocenters. The lowest BCUT2D eigenvalue weighted by Crippen LogP contribution is -2.37. The second kappa shape index (κ2) is 7.12. The molecular weight excluding hydrogens is 375 g/mol. The fourth-order valence-electron chi connectivity index (χ4n) is 2.31. The van der Waals surface area contributed by atoms with Crippen molar-refractivity contribution in [3.8, 4) is 0 Å². The zero-order chi connectivity index (χ0) is 15.5. The van der Waals surface area contributed by atoms with E-state index in [1.54, 1.807) is 18.2 Å². The van der Waals surface area contributed by atoms with Crippen LogP contribution < -0.4 is 0 Å². The molecule has 0 amide bonds. The maximum atomic E-state index is 9.89. The Morgan fingerprint density at radius 3 is 2.33 bits per heavy atom. The van der Waals surface area contributed by atoms with Crippen LogP contribution in [0.5, 0.6) is 0 Å². The molecule has 0 bridgehead atoms. The molecule has 2 aromatic carbocycles. The molecule has 2 rings (SSSR count). The van der Waals surface area contributed by atoms with E-state index in [9.17, 15) is 10.2 Å². The van der Waals surface area contributed by atoms with Crippen LogP contribution in [0.4, 0.5) is 0 Å². The van der Waals surface area contributed by atoms with E-state index >= 15 is 0 Å². The van der Waals surface area contributed by atoms with E-state index in [2.05, 4.69) is 15.9 Å². The summed E-state index contributed by atoms with van der Waals surface area (Å²) in [7, 11) is 0. The van der Waals surface area contributed by atoms with Crippen molar-refractivity contribution in [2.45, 2.75) is 11.8 Å². The minimum absolute atomic E-state index is 0.192. The molecule has 0 saturated heterocycles. The van der Waals surface area contributed by atoms with Gasteiger partial charge >= 0.3 is 0 Å². The van der Waals surface area contributed by atoms with Crippen molar-refractivity contribution in [2.75, 3.05) is 13.2 Å². The summed E-state index contributed by atoms with van der Waals surface area (Å²) in [6, 6.07) is 12.8. The molecule has 21 heavy (non-hydrogen) atoms. The highest BCUT2D eigenvalue weighted by molar-refractivity contribution is 9.10. The molecule has 2 nitrogen and oxygen atoms in total. The lowest BCUT2D eigenvalue weighted by Gasteiger charge is -2.31. The lowest BCUT2D eigenvalue weighted by atomic mass is 9.77. The van der Waals surface area contributed by atoms with Crippen molar-refractivity contribution in [2.24, 2.45) is 0 Å². The Morgan fingerprint density at radius 1 is 1.00 bits per heavy atom. The maximum Gasteiger partial charge on any atom is 0.0553 e. The quantitative estimate of drug-likeness (QED) is 0.803. The molecule has 2 N–H and O–H groups in total. The van der Waals surface area contributed by atoms with Crippen molar-refractivity contribution in [1.82, 2.24) is 0 Å². The Balaban J connectivity index is 2.45. The molecule has 0 heterocycles. The van der Waals surface area contributed by atoms with Gasteiger partial charge in [-0.1, -0.05) is 51.3 Å². The molecule has 0 aliphatic carbocycles. The lowest BCUT2D eigenvalue weighted by molar-refractivity contribution is 0.116. The van der Waals surface area contributed by atoms with Crippen LogP contribution in [-0.4, -0.2) is 23.4 Å². The van der Waals surface area contributed by atoms with Crippen LogP contribution in [0.2, 0.25) is 10.0 Å². The number of aliphatic hydroxyl groups is 2. The van der Waals surface area contributed by atoms with E-state index in [1.807, 2.05) is 24.3 Å². The average molecular weight is 390 g/mol. The molecule has 112 valence electrons. The number of halogens is 3. The van der Waals surface area contributed by atoms with Gasteiger partial charge < -0.3 is 10.2 Å². The van der Waals surface area contributed by atoms with Crippen molar-refractivity contribution in [1.29, 1.82) is 0 Å². The fourth-order valence-corrected chi connectivity index (χ4v) is 3.09. The second-order valence-electron chi connectivity index (χ2n) is 5.02. The van der Waals surface area contributed by atoms with Crippen LogP contribution in [0.15, 0.2) is 46.9 Å². The Bertz CT molecular complexity index is 627. The molecule has 2 aromatic rings. The largest absolute Gasteiger partial charge is 0.395 e. The molecule has 5 heteroatoms. The monoisotopic (exact) mass is 388 g/mol. The highest BCUT2D eigenvalue weighted by Crippen LogP contribution is 2.33. The van der Waals surface area contributed by atoms with Gasteiger partial charge in [0.1, 0.15) is 0 Å². The molecule has 0 aliphatic heterocycles. The molecule has 0 saturated carbocycles. The van der Waals surface area contributed by atoms with Crippen molar-refractivity contribution in [3.05, 3.63) is 68.1 Å². The van der Waals surface area contributed by atoms with E-state index in [0.717, 1.165) is 15.6 Å². The number of rotatable bonds is 5. The SMILES string of the molecule is OCC(CO)(Cc1cc(Cl)ccc1Cl)c1cccc(Br)c1. The molecule has 0 spiro atoms. The minimum atomic E-state index is -0.807. The first-order valence-electron chi connectivity index (χ1n) is 6.42. The highest BCUT2D eigenvalue weighted by atomic mass is 79.9. The van der Waals surface area contributed by atoms with Crippen molar-refractivity contribution >= 4 is 39.1 Å². The predicted molar refractivity (Wildman–Crippen MR) is 90.2 cm³/mol. The second-order valence-corrected chi connectivity index (χ2v) is 6.78. The summed E-state index contributed by atoms with van der Waals surface area (Å²) >= 11 is 15.6. The molecule has 0 unspecified atom stereocenters. The summed E-state index contributed by atoms with van der Waals surface area (Å²) in [6.45, 7) is -0.383. The van der Waals surface area contributed by atoms with Crippen LogP contribution in [0.1, 0.15) is 11.1 Å². The topological polar surface area (TPSA) is 40.5 Å². The first kappa shape index (κ1) is 16.8. The normalized spacial score (nSPS) is 11.7. The van der Waals surface area contributed by atoms with Gasteiger partial charge in [-0.25, -0.2) is 0 Å². The van der Waals surface area contributed by atoms with Crippen LogP contribution in [-0.2, 0) is 11.8 Å². The van der Waals surface area contributed by atoms with E-state index in [4.69, 9.17) is 23.2 Å². The van der Waals surface area contributed by atoms with Crippen LogP contribution >= 0.6 is 39.1 Å².